The van der Waals surface area contributed by atoms with Gasteiger partial charge in [0.25, 0.3) is 0 Å². The molecule has 3 heteroatoms. The van der Waals surface area contributed by atoms with Gasteiger partial charge in [0.15, 0.2) is 0 Å². The lowest BCUT2D eigenvalue weighted by Crippen LogP contribution is -2.30. The number of aryl methyl sites for hydroxylation is 1. The van der Waals surface area contributed by atoms with Crippen molar-refractivity contribution in [3.05, 3.63) is 70.8 Å². The van der Waals surface area contributed by atoms with Crippen LogP contribution >= 0.6 is 0 Å². The van der Waals surface area contributed by atoms with Crippen molar-refractivity contribution in [3.8, 4) is 0 Å². The zero-order valence-corrected chi connectivity index (χ0v) is 11.8. The topological polar surface area (TPSA) is 12.0 Å². The molecule has 2 rings (SSSR count). The number of hydrogen-bond donors (Lipinski definition) is 1. The fourth-order valence-corrected chi connectivity index (χ4v) is 2.39. The minimum atomic E-state index is -0.522. The van der Waals surface area contributed by atoms with Gasteiger partial charge in [-0.05, 0) is 55.6 Å². The third-order valence-electron chi connectivity index (χ3n) is 3.54. The molecule has 0 bridgehead atoms. The summed E-state index contributed by atoms with van der Waals surface area (Å²) in [4.78, 5) is 0. The Hall–Kier alpha value is -1.74. The molecule has 2 aromatic carbocycles. The molecular weight excluding hydrogens is 256 g/mol. The van der Waals surface area contributed by atoms with Gasteiger partial charge in [0, 0.05) is 12.1 Å². The lowest BCUT2D eigenvalue weighted by molar-refractivity contribution is 0.542. The maximum atomic E-state index is 13.2. The molecule has 0 heterocycles. The Labute approximate surface area is 118 Å². The second-order valence-electron chi connectivity index (χ2n) is 5.10. The van der Waals surface area contributed by atoms with E-state index in [1.165, 1.54) is 23.3 Å². The van der Waals surface area contributed by atoms with Crippen LogP contribution in [0.2, 0.25) is 0 Å². The van der Waals surface area contributed by atoms with Crippen LogP contribution in [0, 0.1) is 18.6 Å². The summed E-state index contributed by atoms with van der Waals surface area (Å²) < 4.78 is 26.4. The van der Waals surface area contributed by atoms with Gasteiger partial charge in [0.05, 0.1) is 0 Å². The summed E-state index contributed by atoms with van der Waals surface area (Å²) >= 11 is 0. The van der Waals surface area contributed by atoms with E-state index in [1.54, 1.807) is 0 Å². The van der Waals surface area contributed by atoms with Crippen LogP contribution in [0.3, 0.4) is 0 Å². The lowest BCUT2D eigenvalue weighted by Gasteiger charge is -2.17. The summed E-state index contributed by atoms with van der Waals surface area (Å²) in [6.07, 6.45) is 1.43. The number of likely N-dealkylation sites (N-methyl/N-ethyl adjacent to an activating group) is 1. The van der Waals surface area contributed by atoms with Crippen LogP contribution in [-0.4, -0.2) is 13.1 Å². The molecule has 0 aromatic heterocycles. The Morgan fingerprint density at radius 1 is 1.00 bits per heavy atom. The van der Waals surface area contributed by atoms with Crippen molar-refractivity contribution in [2.24, 2.45) is 0 Å². The second kappa shape index (κ2) is 6.62. The number of nitrogens with one attached hydrogen (secondary N) is 1. The number of benzene rings is 2. The van der Waals surface area contributed by atoms with Crippen LogP contribution < -0.4 is 5.32 Å². The van der Waals surface area contributed by atoms with Gasteiger partial charge >= 0.3 is 0 Å². The van der Waals surface area contributed by atoms with Gasteiger partial charge in [-0.3, -0.25) is 0 Å². The molecule has 0 fully saturated rings. The third kappa shape index (κ3) is 3.87. The first-order valence-corrected chi connectivity index (χ1v) is 6.75. The van der Waals surface area contributed by atoms with Gasteiger partial charge in [-0.2, -0.15) is 0 Å². The molecule has 1 nitrogen and oxygen atoms in total. The van der Waals surface area contributed by atoms with E-state index >= 15 is 0 Å². The Morgan fingerprint density at radius 3 is 2.25 bits per heavy atom. The highest BCUT2D eigenvalue weighted by Gasteiger charge is 2.11. The molecule has 0 amide bonds. The highest BCUT2D eigenvalue weighted by Crippen LogP contribution is 2.14. The summed E-state index contributed by atoms with van der Waals surface area (Å²) in [6, 6.07) is 12.0. The van der Waals surface area contributed by atoms with Crippen LogP contribution in [0.5, 0.6) is 0 Å². The largest absolute Gasteiger partial charge is 0.316 e. The molecule has 1 N–H and O–H groups in total. The van der Waals surface area contributed by atoms with Crippen LogP contribution in [0.4, 0.5) is 8.78 Å². The standard InChI is InChI=1S/C17H19F2N/c1-12-5-3-4-6-14(12)10-17(20-2)9-13-7-15(18)11-16(19)8-13/h3-8,11,17,20H,9-10H2,1-2H3. The Kier molecular flexibility index (Phi) is 4.85. The maximum Gasteiger partial charge on any atom is 0.126 e. The second-order valence-corrected chi connectivity index (χ2v) is 5.10. The van der Waals surface area contributed by atoms with Crippen molar-refractivity contribution in [2.75, 3.05) is 7.05 Å². The van der Waals surface area contributed by atoms with E-state index in [0.717, 1.165) is 12.5 Å². The smallest absolute Gasteiger partial charge is 0.126 e. The summed E-state index contributed by atoms with van der Waals surface area (Å²) in [6.45, 7) is 2.07. The number of rotatable bonds is 5. The summed E-state index contributed by atoms with van der Waals surface area (Å²) in [5, 5.41) is 3.22. The number of hydrogen-bond acceptors (Lipinski definition) is 1. The van der Waals surface area contributed by atoms with Crippen LogP contribution in [-0.2, 0) is 12.8 Å². The van der Waals surface area contributed by atoms with Crippen LogP contribution in [0.25, 0.3) is 0 Å². The quantitative estimate of drug-likeness (QED) is 0.878. The van der Waals surface area contributed by atoms with Gasteiger partial charge in [-0.25, -0.2) is 8.78 Å². The van der Waals surface area contributed by atoms with Gasteiger partial charge in [-0.1, -0.05) is 24.3 Å². The number of halogens is 2. The van der Waals surface area contributed by atoms with Crippen LogP contribution in [0.15, 0.2) is 42.5 Å². The van der Waals surface area contributed by atoms with Crippen molar-refractivity contribution >= 4 is 0 Å². The molecule has 20 heavy (non-hydrogen) atoms. The summed E-state index contributed by atoms with van der Waals surface area (Å²) in [5.41, 5.74) is 3.16. The monoisotopic (exact) mass is 275 g/mol. The first kappa shape index (κ1) is 14.7. The lowest BCUT2D eigenvalue weighted by atomic mass is 9.96. The third-order valence-corrected chi connectivity index (χ3v) is 3.54. The Bertz CT molecular complexity index is 561. The molecule has 0 aliphatic heterocycles. The molecule has 106 valence electrons. The zero-order valence-electron chi connectivity index (χ0n) is 11.8. The van der Waals surface area contributed by atoms with E-state index in [1.807, 2.05) is 19.2 Å². The van der Waals surface area contributed by atoms with E-state index in [0.29, 0.717) is 12.0 Å². The fraction of sp³-hybridized carbons (Fsp3) is 0.294. The maximum absolute atomic E-state index is 13.2. The molecule has 0 saturated heterocycles. The zero-order chi connectivity index (χ0) is 14.5. The highest BCUT2D eigenvalue weighted by atomic mass is 19.1. The molecule has 1 atom stereocenters. The Balaban J connectivity index is 2.11. The van der Waals surface area contributed by atoms with E-state index in [4.69, 9.17) is 0 Å². The first-order chi connectivity index (χ1) is 9.58. The molecule has 0 radical (unpaired) electrons. The van der Waals surface area contributed by atoms with E-state index in [9.17, 15) is 8.78 Å². The molecular formula is C17H19F2N. The average molecular weight is 275 g/mol. The van der Waals surface area contributed by atoms with Crippen molar-refractivity contribution in [1.29, 1.82) is 0 Å². The molecule has 0 spiro atoms. The van der Waals surface area contributed by atoms with E-state index in [2.05, 4.69) is 24.4 Å². The van der Waals surface area contributed by atoms with Crippen LogP contribution in [0.1, 0.15) is 16.7 Å². The normalized spacial score (nSPS) is 12.4. The van der Waals surface area contributed by atoms with Crippen molar-refractivity contribution in [2.45, 2.75) is 25.8 Å². The molecule has 0 saturated carbocycles. The minimum absolute atomic E-state index is 0.150. The van der Waals surface area contributed by atoms with Gasteiger partial charge in [0.1, 0.15) is 11.6 Å². The Morgan fingerprint density at radius 2 is 1.65 bits per heavy atom. The van der Waals surface area contributed by atoms with Gasteiger partial charge < -0.3 is 5.32 Å². The van der Waals surface area contributed by atoms with E-state index in [-0.39, 0.29) is 6.04 Å². The SMILES string of the molecule is CNC(Cc1cc(F)cc(F)c1)Cc1ccccc1C. The summed E-state index contributed by atoms with van der Waals surface area (Å²) in [7, 11) is 1.87. The molecule has 2 aromatic rings. The molecule has 1 unspecified atom stereocenters. The van der Waals surface area contributed by atoms with Crippen molar-refractivity contribution < 1.29 is 8.78 Å². The minimum Gasteiger partial charge on any atom is -0.316 e. The molecule has 0 aliphatic rings. The fourth-order valence-electron chi connectivity index (χ4n) is 2.39. The summed E-state index contributed by atoms with van der Waals surface area (Å²) in [5.74, 6) is -1.04. The van der Waals surface area contributed by atoms with Gasteiger partial charge in [-0.15, -0.1) is 0 Å². The average Bonchev–Trinajstić information content (AvgIpc) is 2.39. The van der Waals surface area contributed by atoms with Crippen molar-refractivity contribution in [1.82, 2.24) is 5.32 Å². The van der Waals surface area contributed by atoms with Gasteiger partial charge in [0.2, 0.25) is 0 Å². The molecule has 0 aliphatic carbocycles. The van der Waals surface area contributed by atoms with E-state index < -0.39 is 11.6 Å². The predicted molar refractivity (Wildman–Crippen MR) is 77.8 cm³/mol. The van der Waals surface area contributed by atoms with Crippen molar-refractivity contribution in [3.63, 3.8) is 0 Å². The highest BCUT2D eigenvalue weighted by molar-refractivity contribution is 5.27. The first-order valence-electron chi connectivity index (χ1n) is 6.75. The predicted octanol–water partition coefficient (Wildman–Crippen LogP) is 3.65.